The van der Waals surface area contributed by atoms with Crippen molar-refractivity contribution in [2.45, 2.75) is 44.2 Å². The highest BCUT2D eigenvalue weighted by Crippen LogP contribution is 2.51. The monoisotopic (exact) mass is 421 g/mol. The number of hydrogen-bond acceptors (Lipinski definition) is 3. The molecule has 2 aliphatic rings. The first-order chi connectivity index (χ1) is 15.8. The zero-order chi connectivity index (χ0) is 21.5. The molecule has 0 bridgehead atoms. The standard InChI is InChI=1S/C29H27NO2/c1-20-25-19-26(21-11-5-2-6-12-21)32-30(24-15-9-4-10-16-24)28(22-13-7-3-8-14-22)27(25)29(31-20)23-17-18-23/h2-16,23,26,28H,17-19H2,1H3/t26-,28-/m0/s1. The minimum absolute atomic E-state index is 0.0598. The SMILES string of the molecule is Cc1oc(C2CC2)c2c1C[C@@H](c1ccccc1)ON(c1ccccc1)[C@H]2c1ccccc1. The summed E-state index contributed by atoms with van der Waals surface area (Å²) in [5.74, 6) is 2.71. The molecule has 1 fully saturated rings. The van der Waals surface area contributed by atoms with Crippen LogP contribution in [0.5, 0.6) is 0 Å². The maximum absolute atomic E-state index is 6.89. The van der Waals surface area contributed by atoms with Gasteiger partial charge < -0.3 is 4.42 Å². The fraction of sp³-hybridized carbons (Fsp3) is 0.241. The number of anilines is 1. The lowest BCUT2D eigenvalue weighted by molar-refractivity contribution is 0.0258. The number of hydroxylamine groups is 1. The Labute approximate surface area is 189 Å². The van der Waals surface area contributed by atoms with Crippen LogP contribution in [0.4, 0.5) is 5.69 Å². The average molecular weight is 422 g/mol. The van der Waals surface area contributed by atoms with Crippen molar-refractivity contribution in [2.24, 2.45) is 0 Å². The summed E-state index contributed by atoms with van der Waals surface area (Å²) < 4.78 is 6.48. The minimum atomic E-state index is -0.0905. The molecule has 0 amide bonds. The summed E-state index contributed by atoms with van der Waals surface area (Å²) in [6, 6.07) is 31.7. The zero-order valence-electron chi connectivity index (χ0n) is 18.3. The van der Waals surface area contributed by atoms with Crippen molar-refractivity contribution in [3.63, 3.8) is 0 Å². The second-order valence-electron chi connectivity index (χ2n) is 8.87. The third-order valence-electron chi connectivity index (χ3n) is 6.66. The van der Waals surface area contributed by atoms with E-state index in [1.54, 1.807) is 0 Å². The predicted molar refractivity (Wildman–Crippen MR) is 127 cm³/mol. The van der Waals surface area contributed by atoms with E-state index >= 15 is 0 Å². The number of aryl methyl sites for hydroxylation is 1. The lowest BCUT2D eigenvalue weighted by Gasteiger charge is -2.34. The predicted octanol–water partition coefficient (Wildman–Crippen LogP) is 7.29. The van der Waals surface area contributed by atoms with Gasteiger partial charge in [0, 0.05) is 23.5 Å². The van der Waals surface area contributed by atoms with E-state index in [4.69, 9.17) is 9.25 Å². The number of hydrogen-bond donors (Lipinski definition) is 0. The van der Waals surface area contributed by atoms with Crippen molar-refractivity contribution in [3.8, 4) is 0 Å². The normalized spacial score (nSPS) is 20.6. The number of rotatable bonds is 4. The van der Waals surface area contributed by atoms with Crippen LogP contribution in [0.3, 0.4) is 0 Å². The summed E-state index contributed by atoms with van der Waals surface area (Å²) in [4.78, 5) is 6.89. The van der Waals surface area contributed by atoms with Gasteiger partial charge in [0.2, 0.25) is 0 Å². The Bertz CT molecular complexity index is 1200. The number of nitrogens with zero attached hydrogens (tertiary/aromatic N) is 1. The first-order valence-electron chi connectivity index (χ1n) is 11.5. The van der Waals surface area contributed by atoms with Crippen molar-refractivity contribution < 1.29 is 9.25 Å². The van der Waals surface area contributed by atoms with E-state index in [9.17, 15) is 0 Å². The fourth-order valence-corrected chi connectivity index (χ4v) is 4.93. The van der Waals surface area contributed by atoms with Crippen LogP contribution < -0.4 is 5.06 Å². The summed E-state index contributed by atoms with van der Waals surface area (Å²) in [5, 5.41) is 2.12. The molecule has 1 aliphatic heterocycles. The van der Waals surface area contributed by atoms with E-state index in [2.05, 4.69) is 103 Å². The Balaban J connectivity index is 1.59. The lowest BCUT2D eigenvalue weighted by Crippen LogP contribution is -2.30. The maximum Gasteiger partial charge on any atom is 0.115 e. The number of benzene rings is 3. The van der Waals surface area contributed by atoms with Crippen LogP contribution in [0.2, 0.25) is 0 Å². The highest BCUT2D eigenvalue weighted by molar-refractivity contribution is 5.55. The first kappa shape index (κ1) is 19.4. The Morgan fingerprint density at radius 2 is 1.34 bits per heavy atom. The van der Waals surface area contributed by atoms with E-state index in [1.807, 2.05) is 0 Å². The molecule has 160 valence electrons. The van der Waals surface area contributed by atoms with Gasteiger partial charge in [-0.1, -0.05) is 78.9 Å². The molecule has 2 atom stereocenters. The number of para-hydroxylation sites is 1. The summed E-state index contributed by atoms with van der Waals surface area (Å²) in [5.41, 5.74) is 6.05. The van der Waals surface area contributed by atoms with Crippen molar-refractivity contribution in [3.05, 3.63) is 125 Å². The van der Waals surface area contributed by atoms with Crippen LogP contribution in [0, 0.1) is 6.92 Å². The molecule has 6 rings (SSSR count). The van der Waals surface area contributed by atoms with Gasteiger partial charge in [0.1, 0.15) is 23.7 Å². The van der Waals surface area contributed by atoms with Crippen LogP contribution in [0.1, 0.15) is 64.7 Å². The second-order valence-corrected chi connectivity index (χ2v) is 8.87. The molecule has 1 saturated carbocycles. The van der Waals surface area contributed by atoms with Crippen molar-refractivity contribution in [2.75, 3.05) is 5.06 Å². The molecule has 3 heteroatoms. The lowest BCUT2D eigenvalue weighted by atomic mass is 9.90. The fourth-order valence-electron chi connectivity index (χ4n) is 4.93. The molecule has 1 aliphatic carbocycles. The van der Waals surface area contributed by atoms with Crippen LogP contribution in [-0.2, 0) is 11.3 Å². The van der Waals surface area contributed by atoms with E-state index in [-0.39, 0.29) is 12.1 Å². The third-order valence-corrected chi connectivity index (χ3v) is 6.66. The highest BCUT2D eigenvalue weighted by atomic mass is 16.7. The van der Waals surface area contributed by atoms with Gasteiger partial charge >= 0.3 is 0 Å². The van der Waals surface area contributed by atoms with Crippen LogP contribution in [0.15, 0.2) is 95.4 Å². The first-order valence-corrected chi connectivity index (χ1v) is 11.5. The summed E-state index contributed by atoms with van der Waals surface area (Å²) in [7, 11) is 0. The van der Waals surface area contributed by atoms with Gasteiger partial charge in [0.05, 0.1) is 5.69 Å². The zero-order valence-corrected chi connectivity index (χ0v) is 18.3. The summed E-state index contributed by atoms with van der Waals surface area (Å²) in [6.07, 6.45) is 3.12. The van der Waals surface area contributed by atoms with Crippen LogP contribution >= 0.6 is 0 Å². The van der Waals surface area contributed by atoms with Gasteiger partial charge in [-0.15, -0.1) is 0 Å². The molecular weight excluding hydrogens is 394 g/mol. The topological polar surface area (TPSA) is 25.6 Å². The molecular formula is C29H27NO2. The Kier molecular flexibility index (Phi) is 4.84. The van der Waals surface area contributed by atoms with Gasteiger partial charge in [-0.25, -0.2) is 5.06 Å². The molecule has 4 aromatic rings. The number of fused-ring (bicyclic) bond motifs is 1. The molecule has 32 heavy (non-hydrogen) atoms. The highest BCUT2D eigenvalue weighted by Gasteiger charge is 2.41. The van der Waals surface area contributed by atoms with Gasteiger partial charge in [-0.2, -0.15) is 0 Å². The Morgan fingerprint density at radius 3 is 1.97 bits per heavy atom. The minimum Gasteiger partial charge on any atom is -0.465 e. The molecule has 3 aromatic carbocycles. The Morgan fingerprint density at radius 1 is 0.750 bits per heavy atom. The van der Waals surface area contributed by atoms with Crippen molar-refractivity contribution in [1.82, 2.24) is 0 Å². The molecule has 0 unspecified atom stereocenters. The van der Waals surface area contributed by atoms with E-state index < -0.39 is 0 Å². The summed E-state index contributed by atoms with van der Waals surface area (Å²) >= 11 is 0. The van der Waals surface area contributed by atoms with Gasteiger partial charge in [-0.3, -0.25) is 4.84 Å². The second kappa shape index (κ2) is 7.99. The third kappa shape index (κ3) is 3.43. The molecule has 1 aromatic heterocycles. The van der Waals surface area contributed by atoms with Crippen LogP contribution in [0.25, 0.3) is 0 Å². The smallest absolute Gasteiger partial charge is 0.115 e. The van der Waals surface area contributed by atoms with E-state index in [1.165, 1.54) is 35.1 Å². The van der Waals surface area contributed by atoms with E-state index in [0.29, 0.717) is 5.92 Å². The molecule has 3 nitrogen and oxygen atoms in total. The molecule has 0 saturated heterocycles. The molecule has 0 N–H and O–H groups in total. The van der Waals surface area contributed by atoms with E-state index in [0.717, 1.165) is 23.6 Å². The van der Waals surface area contributed by atoms with Crippen LogP contribution in [-0.4, -0.2) is 0 Å². The van der Waals surface area contributed by atoms with Gasteiger partial charge in [0.15, 0.2) is 0 Å². The molecule has 2 heterocycles. The quantitative estimate of drug-likeness (QED) is 0.346. The van der Waals surface area contributed by atoms with Crippen molar-refractivity contribution >= 4 is 5.69 Å². The Hall–Kier alpha value is -3.30. The van der Waals surface area contributed by atoms with Gasteiger partial charge in [-0.05, 0) is 43.0 Å². The number of furan rings is 1. The molecule has 0 spiro atoms. The molecule has 0 radical (unpaired) electrons. The van der Waals surface area contributed by atoms with Crippen molar-refractivity contribution in [1.29, 1.82) is 0 Å². The largest absolute Gasteiger partial charge is 0.465 e. The summed E-state index contributed by atoms with van der Waals surface area (Å²) in [6.45, 7) is 2.12. The average Bonchev–Trinajstić information content (AvgIpc) is 3.67. The van der Waals surface area contributed by atoms with Gasteiger partial charge in [0.25, 0.3) is 0 Å². The maximum atomic E-state index is 6.89.